The van der Waals surface area contributed by atoms with Crippen molar-refractivity contribution in [1.29, 1.82) is 0 Å². The number of hydrogen-bond acceptors (Lipinski definition) is 3. The minimum Gasteiger partial charge on any atom is -0.497 e. The Bertz CT molecular complexity index is 428. The molecule has 2 rings (SSSR count). The van der Waals surface area contributed by atoms with Crippen molar-refractivity contribution in [2.75, 3.05) is 26.7 Å². The number of rotatable bonds is 6. The predicted octanol–water partition coefficient (Wildman–Crippen LogP) is 1.74. The predicted molar refractivity (Wildman–Crippen MR) is 79.9 cm³/mol. The molecule has 0 bridgehead atoms. The molecule has 1 atom stereocenters. The number of carbonyl (C=O) groups excluding carboxylic acids is 1. The monoisotopic (exact) mass is 276 g/mol. The minimum atomic E-state index is 0.153. The lowest BCUT2D eigenvalue weighted by Gasteiger charge is -2.21. The van der Waals surface area contributed by atoms with Gasteiger partial charge in [-0.25, -0.2) is 0 Å². The Hall–Kier alpha value is -1.55. The molecule has 1 saturated heterocycles. The van der Waals surface area contributed by atoms with Gasteiger partial charge in [-0.15, -0.1) is 0 Å². The normalized spacial score (nSPS) is 18.6. The van der Waals surface area contributed by atoms with Crippen LogP contribution in [-0.2, 0) is 11.2 Å². The highest BCUT2D eigenvalue weighted by atomic mass is 16.5. The van der Waals surface area contributed by atoms with E-state index in [0.29, 0.717) is 0 Å². The second-order valence-corrected chi connectivity index (χ2v) is 5.29. The zero-order valence-electron chi connectivity index (χ0n) is 12.2. The van der Waals surface area contributed by atoms with Gasteiger partial charge in [-0.3, -0.25) is 4.79 Å². The topological polar surface area (TPSA) is 50.4 Å². The number of methoxy groups -OCH3 is 1. The van der Waals surface area contributed by atoms with E-state index in [0.717, 1.165) is 51.1 Å². The molecule has 1 aliphatic heterocycles. The maximum Gasteiger partial charge on any atom is 0.224 e. The van der Waals surface area contributed by atoms with Gasteiger partial charge >= 0.3 is 0 Å². The standard InChI is InChI=1S/C16H24N2O2/c1-20-15-8-2-5-13(11-15)6-3-10-18-16(19)14-7-4-9-17-12-14/h2,5,8,11,14,17H,3-4,6-7,9-10,12H2,1H3,(H,18,19). The maximum atomic E-state index is 11.9. The molecule has 4 nitrogen and oxygen atoms in total. The Morgan fingerprint density at radius 2 is 2.40 bits per heavy atom. The summed E-state index contributed by atoms with van der Waals surface area (Å²) in [5.74, 6) is 1.24. The highest BCUT2D eigenvalue weighted by molar-refractivity contribution is 5.78. The highest BCUT2D eigenvalue weighted by Crippen LogP contribution is 2.14. The van der Waals surface area contributed by atoms with E-state index in [9.17, 15) is 4.79 Å². The number of aryl methyl sites for hydroxylation is 1. The molecule has 1 aromatic rings. The molecule has 1 amide bonds. The van der Waals surface area contributed by atoms with Gasteiger partial charge in [-0.05, 0) is 49.9 Å². The SMILES string of the molecule is COc1cccc(CCCNC(=O)C2CCCNC2)c1. The van der Waals surface area contributed by atoms with Crippen LogP contribution in [0.5, 0.6) is 5.75 Å². The number of piperidine rings is 1. The number of benzene rings is 1. The largest absolute Gasteiger partial charge is 0.497 e. The van der Waals surface area contributed by atoms with Crippen molar-refractivity contribution in [1.82, 2.24) is 10.6 Å². The van der Waals surface area contributed by atoms with Crippen molar-refractivity contribution in [3.8, 4) is 5.75 Å². The van der Waals surface area contributed by atoms with Crippen molar-refractivity contribution in [3.05, 3.63) is 29.8 Å². The van der Waals surface area contributed by atoms with Gasteiger partial charge in [0.25, 0.3) is 0 Å². The molecule has 1 aliphatic rings. The smallest absolute Gasteiger partial charge is 0.224 e. The summed E-state index contributed by atoms with van der Waals surface area (Å²) in [5.41, 5.74) is 1.25. The molecule has 0 spiro atoms. The lowest BCUT2D eigenvalue weighted by molar-refractivity contribution is -0.125. The molecular formula is C16H24N2O2. The van der Waals surface area contributed by atoms with Crippen LogP contribution in [0.15, 0.2) is 24.3 Å². The molecule has 20 heavy (non-hydrogen) atoms. The van der Waals surface area contributed by atoms with Gasteiger partial charge in [0.15, 0.2) is 0 Å². The molecular weight excluding hydrogens is 252 g/mol. The molecule has 1 unspecified atom stereocenters. The third-order valence-corrected chi connectivity index (χ3v) is 3.74. The van der Waals surface area contributed by atoms with E-state index in [-0.39, 0.29) is 11.8 Å². The van der Waals surface area contributed by atoms with Crippen LogP contribution in [0.3, 0.4) is 0 Å². The first kappa shape index (κ1) is 14.9. The molecule has 0 saturated carbocycles. The van der Waals surface area contributed by atoms with Crippen molar-refractivity contribution < 1.29 is 9.53 Å². The number of ether oxygens (including phenoxy) is 1. The first-order chi connectivity index (χ1) is 9.79. The Balaban J connectivity index is 1.66. The van der Waals surface area contributed by atoms with Crippen LogP contribution >= 0.6 is 0 Å². The van der Waals surface area contributed by atoms with Crippen LogP contribution < -0.4 is 15.4 Å². The molecule has 110 valence electrons. The van der Waals surface area contributed by atoms with Crippen LogP contribution in [0, 0.1) is 5.92 Å². The van der Waals surface area contributed by atoms with Gasteiger partial charge in [0, 0.05) is 13.1 Å². The summed E-state index contributed by atoms with van der Waals surface area (Å²) in [7, 11) is 1.68. The van der Waals surface area contributed by atoms with Gasteiger partial charge in [-0.1, -0.05) is 12.1 Å². The fourth-order valence-corrected chi connectivity index (χ4v) is 2.55. The van der Waals surface area contributed by atoms with E-state index in [2.05, 4.69) is 16.7 Å². The summed E-state index contributed by atoms with van der Waals surface area (Å²) in [5, 5.41) is 6.31. The van der Waals surface area contributed by atoms with Gasteiger partial charge in [0.2, 0.25) is 5.91 Å². The van der Waals surface area contributed by atoms with Gasteiger partial charge in [0.05, 0.1) is 13.0 Å². The first-order valence-electron chi connectivity index (χ1n) is 7.41. The van der Waals surface area contributed by atoms with E-state index >= 15 is 0 Å². The highest BCUT2D eigenvalue weighted by Gasteiger charge is 2.19. The Labute approximate surface area is 120 Å². The summed E-state index contributed by atoms with van der Waals surface area (Å²) in [6, 6.07) is 8.09. The Kier molecular flexibility index (Phi) is 5.87. The summed E-state index contributed by atoms with van der Waals surface area (Å²) in [4.78, 5) is 11.9. The van der Waals surface area contributed by atoms with Crippen LogP contribution in [-0.4, -0.2) is 32.7 Å². The van der Waals surface area contributed by atoms with Gasteiger partial charge < -0.3 is 15.4 Å². The summed E-state index contributed by atoms with van der Waals surface area (Å²) in [6.07, 6.45) is 4.02. The molecule has 1 aromatic carbocycles. The van der Waals surface area contributed by atoms with E-state index in [1.165, 1.54) is 5.56 Å². The average Bonchev–Trinajstić information content (AvgIpc) is 2.52. The zero-order valence-corrected chi connectivity index (χ0v) is 12.2. The Morgan fingerprint density at radius 1 is 1.50 bits per heavy atom. The van der Waals surface area contributed by atoms with Gasteiger partial charge in [0.1, 0.15) is 5.75 Å². The summed E-state index contributed by atoms with van der Waals surface area (Å²) >= 11 is 0. The number of carbonyl (C=O) groups is 1. The van der Waals surface area contributed by atoms with Crippen molar-refractivity contribution >= 4 is 5.91 Å². The maximum absolute atomic E-state index is 11.9. The molecule has 2 N–H and O–H groups in total. The molecule has 0 radical (unpaired) electrons. The number of nitrogens with one attached hydrogen (secondary N) is 2. The fraction of sp³-hybridized carbons (Fsp3) is 0.562. The first-order valence-corrected chi connectivity index (χ1v) is 7.41. The molecule has 1 heterocycles. The van der Waals surface area contributed by atoms with Crippen LogP contribution in [0.1, 0.15) is 24.8 Å². The average molecular weight is 276 g/mol. The second-order valence-electron chi connectivity index (χ2n) is 5.29. The molecule has 4 heteroatoms. The van der Waals surface area contributed by atoms with E-state index in [4.69, 9.17) is 4.74 Å². The van der Waals surface area contributed by atoms with Gasteiger partial charge in [-0.2, -0.15) is 0 Å². The van der Waals surface area contributed by atoms with Crippen LogP contribution in [0.4, 0.5) is 0 Å². The van der Waals surface area contributed by atoms with E-state index in [1.807, 2.05) is 18.2 Å². The van der Waals surface area contributed by atoms with Crippen LogP contribution in [0.2, 0.25) is 0 Å². The van der Waals surface area contributed by atoms with Crippen LogP contribution in [0.25, 0.3) is 0 Å². The number of amides is 1. The lowest BCUT2D eigenvalue weighted by atomic mass is 9.99. The quantitative estimate of drug-likeness (QED) is 0.778. The van der Waals surface area contributed by atoms with E-state index < -0.39 is 0 Å². The third-order valence-electron chi connectivity index (χ3n) is 3.74. The minimum absolute atomic E-state index is 0.153. The molecule has 0 aromatic heterocycles. The second kappa shape index (κ2) is 7.90. The molecule has 0 aliphatic carbocycles. The summed E-state index contributed by atoms with van der Waals surface area (Å²) in [6.45, 7) is 2.61. The Morgan fingerprint density at radius 3 is 3.15 bits per heavy atom. The van der Waals surface area contributed by atoms with Crippen molar-refractivity contribution in [3.63, 3.8) is 0 Å². The number of hydrogen-bond donors (Lipinski definition) is 2. The molecule has 1 fully saturated rings. The third kappa shape index (κ3) is 4.53. The zero-order chi connectivity index (χ0) is 14.2. The fourth-order valence-electron chi connectivity index (χ4n) is 2.55. The van der Waals surface area contributed by atoms with E-state index in [1.54, 1.807) is 7.11 Å². The summed E-state index contributed by atoms with van der Waals surface area (Å²) < 4.78 is 5.20. The van der Waals surface area contributed by atoms with Crippen molar-refractivity contribution in [2.24, 2.45) is 5.92 Å². The lowest BCUT2D eigenvalue weighted by Crippen LogP contribution is -2.40. The van der Waals surface area contributed by atoms with Crippen molar-refractivity contribution in [2.45, 2.75) is 25.7 Å².